The fraction of sp³-hybridized carbons (Fsp3) is 0.941. The zero-order valence-electron chi connectivity index (χ0n) is 15.1. The Bertz CT molecular complexity index is 353. The first kappa shape index (κ1) is 19.2. The van der Waals surface area contributed by atoms with Crippen LogP contribution in [0, 0.1) is 5.92 Å². The van der Waals surface area contributed by atoms with Gasteiger partial charge in [-0.3, -0.25) is 0 Å². The molecule has 1 unspecified atom stereocenters. The highest BCUT2D eigenvalue weighted by molar-refractivity contribution is 5.68. The minimum Gasteiger partial charge on any atom is -0.444 e. The van der Waals surface area contributed by atoms with Crippen LogP contribution >= 0.6 is 0 Å². The number of hydrogen-bond acceptors (Lipinski definition) is 4. The van der Waals surface area contributed by atoms with Crippen molar-refractivity contribution in [1.82, 2.24) is 10.2 Å². The van der Waals surface area contributed by atoms with Gasteiger partial charge < -0.3 is 20.1 Å². The van der Waals surface area contributed by atoms with Gasteiger partial charge in [-0.1, -0.05) is 13.8 Å². The summed E-state index contributed by atoms with van der Waals surface area (Å²) in [7, 11) is 0. The zero-order chi connectivity index (χ0) is 17.0. The maximum atomic E-state index is 12.0. The second kappa shape index (κ2) is 7.64. The lowest BCUT2D eigenvalue weighted by Crippen LogP contribution is -2.49. The van der Waals surface area contributed by atoms with E-state index in [4.69, 9.17) is 4.74 Å². The number of piperidine rings is 1. The molecule has 1 rings (SSSR count). The van der Waals surface area contributed by atoms with Crippen LogP contribution in [0.4, 0.5) is 4.79 Å². The van der Waals surface area contributed by atoms with Crippen LogP contribution in [0.15, 0.2) is 0 Å². The van der Waals surface area contributed by atoms with E-state index < -0.39 is 11.2 Å². The molecule has 1 fully saturated rings. The van der Waals surface area contributed by atoms with E-state index in [2.05, 4.69) is 19.2 Å². The standard InChI is InChI=1S/C17H34N2O3/c1-13(2)11-17(6,21)12-18-14-7-9-19(10-8-14)15(20)22-16(3,4)5/h13-14,18,21H,7-12H2,1-6H3. The number of rotatable bonds is 5. The van der Waals surface area contributed by atoms with Gasteiger partial charge in [0, 0.05) is 25.7 Å². The van der Waals surface area contributed by atoms with Gasteiger partial charge in [-0.15, -0.1) is 0 Å². The number of likely N-dealkylation sites (tertiary alicyclic amines) is 1. The summed E-state index contributed by atoms with van der Waals surface area (Å²) in [4.78, 5) is 13.8. The first-order valence-corrected chi connectivity index (χ1v) is 8.42. The van der Waals surface area contributed by atoms with Crippen LogP contribution in [-0.4, -0.2) is 53.0 Å². The van der Waals surface area contributed by atoms with Gasteiger partial charge >= 0.3 is 6.09 Å². The molecule has 130 valence electrons. The average molecular weight is 314 g/mol. The van der Waals surface area contributed by atoms with Gasteiger partial charge in [0.1, 0.15) is 5.60 Å². The molecular weight excluding hydrogens is 280 g/mol. The van der Waals surface area contributed by atoms with Crippen molar-refractivity contribution in [1.29, 1.82) is 0 Å². The molecule has 1 aliphatic rings. The van der Waals surface area contributed by atoms with Crippen molar-refractivity contribution >= 4 is 6.09 Å². The zero-order valence-corrected chi connectivity index (χ0v) is 15.1. The summed E-state index contributed by atoms with van der Waals surface area (Å²) >= 11 is 0. The Morgan fingerprint density at radius 2 is 1.82 bits per heavy atom. The van der Waals surface area contributed by atoms with Crippen molar-refractivity contribution in [2.45, 2.75) is 78.0 Å². The summed E-state index contributed by atoms with van der Waals surface area (Å²) in [6.07, 6.45) is 2.36. The van der Waals surface area contributed by atoms with Gasteiger partial charge in [0.2, 0.25) is 0 Å². The molecule has 5 heteroatoms. The summed E-state index contributed by atoms with van der Waals surface area (Å²) in [6.45, 7) is 13.8. The number of nitrogens with zero attached hydrogens (tertiary/aromatic N) is 1. The number of hydrogen-bond donors (Lipinski definition) is 2. The maximum absolute atomic E-state index is 12.0. The Morgan fingerprint density at radius 3 is 2.27 bits per heavy atom. The average Bonchev–Trinajstić information content (AvgIpc) is 2.33. The first-order valence-electron chi connectivity index (χ1n) is 8.42. The predicted octanol–water partition coefficient (Wildman–Crippen LogP) is 2.77. The molecule has 0 spiro atoms. The van der Waals surface area contributed by atoms with Crippen molar-refractivity contribution in [2.75, 3.05) is 19.6 Å². The molecule has 2 N–H and O–H groups in total. The van der Waals surface area contributed by atoms with Crippen LogP contribution in [-0.2, 0) is 4.74 Å². The third kappa shape index (κ3) is 7.45. The summed E-state index contributed by atoms with van der Waals surface area (Å²) in [6, 6.07) is 0.359. The Labute approximate surface area is 135 Å². The van der Waals surface area contributed by atoms with Crippen LogP contribution in [0.5, 0.6) is 0 Å². The van der Waals surface area contributed by atoms with E-state index in [1.807, 2.05) is 27.7 Å². The van der Waals surface area contributed by atoms with Crippen LogP contribution < -0.4 is 5.32 Å². The minimum atomic E-state index is -0.670. The molecule has 0 radical (unpaired) electrons. The maximum Gasteiger partial charge on any atom is 0.410 e. The number of carbonyl (C=O) groups excluding carboxylic acids is 1. The lowest BCUT2D eigenvalue weighted by Gasteiger charge is -2.35. The van der Waals surface area contributed by atoms with E-state index in [9.17, 15) is 9.90 Å². The second-order valence-corrected chi connectivity index (χ2v) is 8.22. The molecule has 1 saturated heterocycles. The first-order chi connectivity index (χ1) is 9.98. The Balaban J connectivity index is 2.32. The highest BCUT2D eigenvalue weighted by Crippen LogP contribution is 2.18. The molecule has 1 aliphatic heterocycles. The molecule has 5 nitrogen and oxygen atoms in total. The SMILES string of the molecule is CC(C)CC(C)(O)CNC1CCN(C(=O)OC(C)(C)C)CC1. The topological polar surface area (TPSA) is 61.8 Å². The molecule has 1 heterocycles. The number of carbonyl (C=O) groups is 1. The largest absolute Gasteiger partial charge is 0.444 e. The summed E-state index contributed by atoms with van der Waals surface area (Å²) < 4.78 is 5.40. The lowest BCUT2D eigenvalue weighted by molar-refractivity contribution is 0.0155. The molecular formula is C17H34N2O3. The molecule has 0 bridgehead atoms. The highest BCUT2D eigenvalue weighted by atomic mass is 16.6. The highest BCUT2D eigenvalue weighted by Gasteiger charge is 2.28. The van der Waals surface area contributed by atoms with Gasteiger partial charge in [0.15, 0.2) is 0 Å². The molecule has 0 saturated carbocycles. The van der Waals surface area contributed by atoms with E-state index in [0.717, 1.165) is 19.3 Å². The van der Waals surface area contributed by atoms with Crippen LogP contribution in [0.25, 0.3) is 0 Å². The van der Waals surface area contributed by atoms with Crippen molar-refractivity contribution < 1.29 is 14.6 Å². The van der Waals surface area contributed by atoms with Crippen molar-refractivity contribution in [3.8, 4) is 0 Å². The van der Waals surface area contributed by atoms with Crippen molar-refractivity contribution in [3.63, 3.8) is 0 Å². The van der Waals surface area contributed by atoms with Crippen LogP contribution in [0.2, 0.25) is 0 Å². The van der Waals surface area contributed by atoms with E-state index in [0.29, 0.717) is 31.6 Å². The summed E-state index contributed by atoms with van der Waals surface area (Å²) in [5.74, 6) is 0.478. The number of nitrogens with one attached hydrogen (secondary N) is 1. The third-order valence-electron chi connectivity index (χ3n) is 3.77. The normalized spacial score (nSPS) is 20.1. The minimum absolute atomic E-state index is 0.224. The number of amides is 1. The van der Waals surface area contributed by atoms with E-state index in [-0.39, 0.29) is 6.09 Å². The van der Waals surface area contributed by atoms with E-state index >= 15 is 0 Å². The van der Waals surface area contributed by atoms with Crippen molar-refractivity contribution in [2.24, 2.45) is 5.92 Å². The summed E-state index contributed by atoms with van der Waals surface area (Å²) in [5, 5.41) is 13.8. The van der Waals surface area contributed by atoms with Crippen molar-refractivity contribution in [3.05, 3.63) is 0 Å². The van der Waals surface area contributed by atoms with Gasteiger partial charge in [-0.2, -0.15) is 0 Å². The molecule has 22 heavy (non-hydrogen) atoms. The molecule has 1 atom stereocenters. The van der Waals surface area contributed by atoms with E-state index in [1.165, 1.54) is 0 Å². The predicted molar refractivity (Wildman–Crippen MR) is 88.9 cm³/mol. The Hall–Kier alpha value is -0.810. The third-order valence-corrected chi connectivity index (χ3v) is 3.77. The number of ether oxygens (including phenoxy) is 1. The monoisotopic (exact) mass is 314 g/mol. The van der Waals surface area contributed by atoms with Crippen LogP contribution in [0.3, 0.4) is 0 Å². The van der Waals surface area contributed by atoms with Gasteiger partial charge in [0.05, 0.1) is 5.60 Å². The molecule has 0 aromatic carbocycles. The fourth-order valence-corrected chi connectivity index (χ4v) is 2.91. The fourth-order valence-electron chi connectivity index (χ4n) is 2.91. The number of aliphatic hydroxyl groups is 1. The summed E-state index contributed by atoms with van der Waals surface area (Å²) in [5.41, 5.74) is -1.11. The van der Waals surface area contributed by atoms with Crippen LogP contribution in [0.1, 0.15) is 60.8 Å². The van der Waals surface area contributed by atoms with Gasteiger partial charge in [-0.25, -0.2) is 4.79 Å². The van der Waals surface area contributed by atoms with Gasteiger partial charge in [0.25, 0.3) is 0 Å². The van der Waals surface area contributed by atoms with Gasteiger partial charge in [-0.05, 0) is 52.9 Å². The smallest absolute Gasteiger partial charge is 0.410 e. The second-order valence-electron chi connectivity index (χ2n) is 8.22. The molecule has 0 aromatic heterocycles. The quantitative estimate of drug-likeness (QED) is 0.819. The molecule has 0 aromatic rings. The Morgan fingerprint density at radius 1 is 1.27 bits per heavy atom. The molecule has 1 amide bonds. The van der Waals surface area contributed by atoms with E-state index in [1.54, 1.807) is 4.90 Å². The lowest BCUT2D eigenvalue weighted by atomic mass is 9.93. The Kier molecular flexibility index (Phi) is 6.68. The molecule has 0 aliphatic carbocycles.